The molecular formula is C13H28N2O. The first-order valence-corrected chi connectivity index (χ1v) is 6.32. The third-order valence-electron chi connectivity index (χ3n) is 2.18. The van der Waals surface area contributed by atoms with Gasteiger partial charge in [0.2, 0.25) is 0 Å². The van der Waals surface area contributed by atoms with Crippen molar-refractivity contribution in [3.05, 3.63) is 18.0 Å². The van der Waals surface area contributed by atoms with Crippen LogP contribution < -0.4 is 0 Å². The summed E-state index contributed by atoms with van der Waals surface area (Å²) in [6.45, 7) is 10.1. The highest BCUT2D eigenvalue weighted by Gasteiger charge is 2.19. The molecule has 0 atom stereocenters. The van der Waals surface area contributed by atoms with Gasteiger partial charge in [0.25, 0.3) is 0 Å². The minimum Gasteiger partial charge on any atom is -0.400 e. The Hall–Kier alpha value is -0.830. The second kappa shape index (κ2) is 12.2. The van der Waals surface area contributed by atoms with Crippen molar-refractivity contribution >= 4 is 0 Å². The van der Waals surface area contributed by atoms with E-state index >= 15 is 0 Å². The van der Waals surface area contributed by atoms with Gasteiger partial charge in [0.05, 0.1) is 12.2 Å². The SMILES string of the molecule is CC.CC.CO.Cc1cnn(C2CCC2)c1. The second-order valence-electron chi connectivity index (χ2n) is 3.08. The molecule has 0 unspecified atom stereocenters. The zero-order valence-electron chi connectivity index (χ0n) is 11.7. The van der Waals surface area contributed by atoms with Gasteiger partial charge in [-0.25, -0.2) is 0 Å². The van der Waals surface area contributed by atoms with Crippen LogP contribution in [-0.2, 0) is 0 Å². The monoisotopic (exact) mass is 228 g/mol. The van der Waals surface area contributed by atoms with Crippen molar-refractivity contribution in [2.45, 2.75) is 59.9 Å². The number of nitrogens with zero attached hydrogens (tertiary/aromatic N) is 2. The van der Waals surface area contributed by atoms with Crippen molar-refractivity contribution < 1.29 is 5.11 Å². The molecule has 0 spiro atoms. The number of aliphatic hydroxyl groups is 1. The number of rotatable bonds is 1. The van der Waals surface area contributed by atoms with Crippen molar-refractivity contribution in [2.24, 2.45) is 0 Å². The van der Waals surface area contributed by atoms with Crippen molar-refractivity contribution in [2.75, 3.05) is 7.11 Å². The van der Waals surface area contributed by atoms with Gasteiger partial charge in [0.15, 0.2) is 0 Å². The average molecular weight is 228 g/mol. The van der Waals surface area contributed by atoms with Crippen LogP contribution in [0, 0.1) is 6.92 Å². The van der Waals surface area contributed by atoms with E-state index in [1.54, 1.807) is 0 Å². The lowest BCUT2D eigenvalue weighted by Crippen LogP contribution is -2.16. The average Bonchev–Trinajstić information content (AvgIpc) is 2.71. The number of hydrogen-bond acceptors (Lipinski definition) is 2. The molecule has 3 heteroatoms. The molecular weight excluding hydrogens is 200 g/mol. The fraction of sp³-hybridized carbons (Fsp3) is 0.769. The van der Waals surface area contributed by atoms with Crippen molar-refractivity contribution in [1.29, 1.82) is 0 Å². The maximum absolute atomic E-state index is 7.00. The van der Waals surface area contributed by atoms with Crippen LogP contribution in [0.5, 0.6) is 0 Å². The molecule has 0 radical (unpaired) electrons. The van der Waals surface area contributed by atoms with Crippen molar-refractivity contribution in [1.82, 2.24) is 9.78 Å². The second-order valence-corrected chi connectivity index (χ2v) is 3.08. The summed E-state index contributed by atoms with van der Waals surface area (Å²) in [4.78, 5) is 0. The Bertz CT molecular complexity index is 230. The third kappa shape index (κ3) is 5.91. The summed E-state index contributed by atoms with van der Waals surface area (Å²) < 4.78 is 2.10. The Morgan fingerprint density at radius 3 is 1.94 bits per heavy atom. The van der Waals surface area contributed by atoms with Crippen LogP contribution in [0.3, 0.4) is 0 Å². The van der Waals surface area contributed by atoms with Gasteiger partial charge in [-0.3, -0.25) is 4.68 Å². The van der Waals surface area contributed by atoms with Gasteiger partial charge in [-0.05, 0) is 31.7 Å². The van der Waals surface area contributed by atoms with E-state index in [1.807, 2.05) is 33.9 Å². The maximum atomic E-state index is 7.00. The number of aromatic nitrogens is 2. The summed E-state index contributed by atoms with van der Waals surface area (Å²) in [6.07, 6.45) is 8.08. The molecule has 16 heavy (non-hydrogen) atoms. The molecule has 0 amide bonds. The largest absolute Gasteiger partial charge is 0.400 e. The zero-order valence-corrected chi connectivity index (χ0v) is 11.7. The molecule has 0 aromatic carbocycles. The van der Waals surface area contributed by atoms with Crippen LogP contribution in [0.4, 0.5) is 0 Å². The van der Waals surface area contributed by atoms with Crippen molar-refractivity contribution in [3.8, 4) is 0 Å². The lowest BCUT2D eigenvalue weighted by Gasteiger charge is -2.25. The van der Waals surface area contributed by atoms with E-state index in [4.69, 9.17) is 5.11 Å². The standard InChI is InChI=1S/C8H12N2.2C2H6.CH4O/c1-7-5-9-10(6-7)8-3-2-4-8;3*1-2/h5-6,8H,2-4H2,1H3;2*1-2H3;2H,1H3. The molecule has 1 aromatic rings. The minimum atomic E-state index is 0.716. The molecule has 1 heterocycles. The van der Waals surface area contributed by atoms with Crippen LogP contribution >= 0.6 is 0 Å². The van der Waals surface area contributed by atoms with E-state index in [0.717, 1.165) is 7.11 Å². The van der Waals surface area contributed by atoms with E-state index in [2.05, 4.69) is 22.9 Å². The Morgan fingerprint density at radius 2 is 1.69 bits per heavy atom. The maximum Gasteiger partial charge on any atom is 0.0519 e. The van der Waals surface area contributed by atoms with E-state index < -0.39 is 0 Å². The predicted octanol–water partition coefficient (Wildman–Crippen LogP) is 3.58. The quantitative estimate of drug-likeness (QED) is 0.798. The first-order valence-electron chi connectivity index (χ1n) is 6.32. The van der Waals surface area contributed by atoms with E-state index in [-0.39, 0.29) is 0 Å². The molecule has 1 aromatic heterocycles. The van der Waals surface area contributed by atoms with Crippen LogP contribution in [0.25, 0.3) is 0 Å². The Balaban J connectivity index is 0. The molecule has 1 aliphatic carbocycles. The van der Waals surface area contributed by atoms with E-state index in [0.29, 0.717) is 6.04 Å². The van der Waals surface area contributed by atoms with Gasteiger partial charge in [-0.1, -0.05) is 27.7 Å². The smallest absolute Gasteiger partial charge is 0.0519 e. The molecule has 0 saturated heterocycles. The van der Waals surface area contributed by atoms with E-state index in [1.165, 1.54) is 24.8 Å². The van der Waals surface area contributed by atoms with Crippen LogP contribution in [-0.4, -0.2) is 22.0 Å². The molecule has 0 bridgehead atoms. The molecule has 3 nitrogen and oxygen atoms in total. The number of hydrogen-bond donors (Lipinski definition) is 1. The Kier molecular flexibility index (Phi) is 13.4. The lowest BCUT2D eigenvalue weighted by atomic mass is 9.93. The molecule has 96 valence electrons. The summed E-state index contributed by atoms with van der Waals surface area (Å²) in [5.41, 5.74) is 1.27. The lowest BCUT2D eigenvalue weighted by molar-refractivity contribution is 0.289. The summed E-state index contributed by atoms with van der Waals surface area (Å²) >= 11 is 0. The normalized spacial score (nSPS) is 12.9. The molecule has 1 fully saturated rings. The Labute approximate surface area is 100 Å². The van der Waals surface area contributed by atoms with E-state index in [9.17, 15) is 0 Å². The van der Waals surface area contributed by atoms with Crippen molar-refractivity contribution in [3.63, 3.8) is 0 Å². The van der Waals surface area contributed by atoms with Crippen LogP contribution in [0.1, 0.15) is 58.6 Å². The summed E-state index contributed by atoms with van der Waals surface area (Å²) in [7, 11) is 1.00. The molecule has 1 saturated carbocycles. The fourth-order valence-electron chi connectivity index (χ4n) is 1.28. The zero-order chi connectivity index (χ0) is 13.0. The Morgan fingerprint density at radius 1 is 1.19 bits per heavy atom. The number of aryl methyl sites for hydroxylation is 1. The minimum absolute atomic E-state index is 0.716. The summed E-state index contributed by atoms with van der Waals surface area (Å²) in [5, 5.41) is 11.3. The topological polar surface area (TPSA) is 38.1 Å². The van der Waals surface area contributed by atoms with Crippen LogP contribution in [0.15, 0.2) is 12.4 Å². The third-order valence-corrected chi connectivity index (χ3v) is 2.18. The molecule has 1 N–H and O–H groups in total. The van der Waals surface area contributed by atoms with Gasteiger partial charge in [0, 0.05) is 13.3 Å². The highest BCUT2D eigenvalue weighted by atomic mass is 16.2. The molecule has 2 rings (SSSR count). The highest BCUT2D eigenvalue weighted by molar-refractivity contribution is 5.01. The van der Waals surface area contributed by atoms with Gasteiger partial charge in [-0.15, -0.1) is 0 Å². The molecule has 1 aliphatic rings. The fourth-order valence-corrected chi connectivity index (χ4v) is 1.28. The first-order chi connectivity index (χ1) is 7.86. The predicted molar refractivity (Wildman–Crippen MR) is 70.7 cm³/mol. The van der Waals surface area contributed by atoms with Gasteiger partial charge < -0.3 is 5.11 Å². The summed E-state index contributed by atoms with van der Waals surface area (Å²) in [5.74, 6) is 0. The van der Waals surface area contributed by atoms with Gasteiger partial charge in [-0.2, -0.15) is 5.10 Å². The first kappa shape index (κ1) is 17.6. The van der Waals surface area contributed by atoms with Gasteiger partial charge in [0.1, 0.15) is 0 Å². The highest BCUT2D eigenvalue weighted by Crippen LogP contribution is 2.30. The number of aliphatic hydroxyl groups excluding tert-OH is 1. The van der Waals surface area contributed by atoms with Crippen LogP contribution in [0.2, 0.25) is 0 Å². The molecule has 0 aliphatic heterocycles. The summed E-state index contributed by atoms with van der Waals surface area (Å²) in [6, 6.07) is 0.716. The van der Waals surface area contributed by atoms with Gasteiger partial charge >= 0.3 is 0 Å².